The van der Waals surface area contributed by atoms with Crippen molar-refractivity contribution in [1.82, 2.24) is 15.0 Å². The van der Waals surface area contributed by atoms with Crippen LogP contribution in [-0.2, 0) is 13.5 Å². The van der Waals surface area contributed by atoms with E-state index in [4.69, 9.17) is 5.73 Å². The summed E-state index contributed by atoms with van der Waals surface area (Å²) in [5.41, 5.74) is 9.45. The summed E-state index contributed by atoms with van der Waals surface area (Å²) in [6.07, 6.45) is 3.25. The average Bonchev–Trinajstić information content (AvgIpc) is 2.81. The maximum absolute atomic E-state index is 6.09. The molecule has 1 aliphatic carbocycles. The lowest BCUT2D eigenvalue weighted by Crippen LogP contribution is -2.24. The number of nitrogens with zero attached hydrogens (tertiary/aromatic N) is 3. The van der Waals surface area contributed by atoms with Crippen molar-refractivity contribution in [2.75, 3.05) is 0 Å². The van der Waals surface area contributed by atoms with E-state index < -0.39 is 0 Å². The van der Waals surface area contributed by atoms with E-state index in [0.29, 0.717) is 0 Å². The molecular formula is C11H14N4. The van der Waals surface area contributed by atoms with E-state index in [1.54, 1.807) is 4.68 Å². The summed E-state index contributed by atoms with van der Waals surface area (Å²) in [7, 11) is 1.90. The SMILES string of the molecule is Cn1nnc2cc(CC3(N)CC3)ccc21. The van der Waals surface area contributed by atoms with Crippen LogP contribution in [0.1, 0.15) is 18.4 Å². The molecule has 0 radical (unpaired) electrons. The van der Waals surface area contributed by atoms with Crippen LogP contribution in [0.5, 0.6) is 0 Å². The van der Waals surface area contributed by atoms with Crippen molar-refractivity contribution in [3.8, 4) is 0 Å². The molecule has 1 aromatic heterocycles. The van der Waals surface area contributed by atoms with Gasteiger partial charge in [0, 0.05) is 12.6 Å². The van der Waals surface area contributed by atoms with Crippen LogP contribution in [0, 0.1) is 0 Å². The van der Waals surface area contributed by atoms with Crippen LogP contribution in [0.25, 0.3) is 11.0 Å². The maximum atomic E-state index is 6.09. The van der Waals surface area contributed by atoms with Gasteiger partial charge in [-0.3, -0.25) is 0 Å². The summed E-state index contributed by atoms with van der Waals surface area (Å²) in [5, 5.41) is 8.09. The molecule has 78 valence electrons. The third-order valence-electron chi connectivity index (χ3n) is 3.12. The number of nitrogens with two attached hydrogens (primary N) is 1. The minimum Gasteiger partial charge on any atom is -0.325 e. The second-order valence-corrected chi connectivity index (χ2v) is 4.58. The van der Waals surface area contributed by atoms with Gasteiger partial charge in [0.1, 0.15) is 5.52 Å². The van der Waals surface area contributed by atoms with Crippen molar-refractivity contribution >= 4 is 11.0 Å². The maximum Gasteiger partial charge on any atom is 0.113 e. The molecule has 0 spiro atoms. The van der Waals surface area contributed by atoms with E-state index >= 15 is 0 Å². The second kappa shape index (κ2) is 2.79. The summed E-state index contributed by atoms with van der Waals surface area (Å²) >= 11 is 0. The topological polar surface area (TPSA) is 56.7 Å². The fraction of sp³-hybridized carbons (Fsp3) is 0.455. The molecule has 1 saturated carbocycles. The Morgan fingerprint density at radius 1 is 1.47 bits per heavy atom. The summed E-state index contributed by atoms with van der Waals surface area (Å²) in [5.74, 6) is 0. The van der Waals surface area contributed by atoms with E-state index in [9.17, 15) is 0 Å². The largest absolute Gasteiger partial charge is 0.325 e. The minimum absolute atomic E-state index is 0.0654. The fourth-order valence-electron chi connectivity index (χ4n) is 1.94. The van der Waals surface area contributed by atoms with E-state index in [1.165, 1.54) is 5.56 Å². The van der Waals surface area contributed by atoms with E-state index in [-0.39, 0.29) is 5.54 Å². The highest BCUT2D eigenvalue weighted by Gasteiger charge is 2.37. The molecule has 0 atom stereocenters. The van der Waals surface area contributed by atoms with Crippen molar-refractivity contribution in [2.24, 2.45) is 12.8 Å². The number of hydrogen-bond donors (Lipinski definition) is 1. The average molecular weight is 202 g/mol. The van der Waals surface area contributed by atoms with Gasteiger partial charge in [-0.1, -0.05) is 11.3 Å². The van der Waals surface area contributed by atoms with Crippen LogP contribution in [0.2, 0.25) is 0 Å². The van der Waals surface area contributed by atoms with Crippen molar-refractivity contribution in [3.63, 3.8) is 0 Å². The first-order valence-electron chi connectivity index (χ1n) is 5.24. The molecule has 15 heavy (non-hydrogen) atoms. The van der Waals surface area contributed by atoms with Crippen LogP contribution in [-0.4, -0.2) is 20.5 Å². The van der Waals surface area contributed by atoms with Gasteiger partial charge in [-0.15, -0.1) is 5.10 Å². The molecule has 3 rings (SSSR count). The van der Waals surface area contributed by atoms with Crippen LogP contribution >= 0.6 is 0 Å². The van der Waals surface area contributed by atoms with Crippen molar-refractivity contribution in [2.45, 2.75) is 24.8 Å². The highest BCUT2D eigenvalue weighted by atomic mass is 15.4. The highest BCUT2D eigenvalue weighted by Crippen LogP contribution is 2.35. The summed E-state index contributed by atoms with van der Waals surface area (Å²) in [6.45, 7) is 0. The molecule has 1 heterocycles. The van der Waals surface area contributed by atoms with Gasteiger partial charge in [0.25, 0.3) is 0 Å². The first-order chi connectivity index (χ1) is 7.16. The number of fused-ring (bicyclic) bond motifs is 1. The Morgan fingerprint density at radius 3 is 3.00 bits per heavy atom. The van der Waals surface area contributed by atoms with Gasteiger partial charge >= 0.3 is 0 Å². The zero-order valence-corrected chi connectivity index (χ0v) is 8.77. The van der Waals surface area contributed by atoms with Crippen LogP contribution in [0.4, 0.5) is 0 Å². The number of benzene rings is 1. The van der Waals surface area contributed by atoms with Gasteiger partial charge in [0.05, 0.1) is 5.52 Å². The van der Waals surface area contributed by atoms with Crippen molar-refractivity contribution < 1.29 is 0 Å². The molecule has 0 unspecified atom stereocenters. The summed E-state index contributed by atoms with van der Waals surface area (Å²) in [4.78, 5) is 0. The molecule has 2 aromatic rings. The zero-order chi connectivity index (χ0) is 10.5. The highest BCUT2D eigenvalue weighted by molar-refractivity contribution is 5.74. The molecular weight excluding hydrogens is 188 g/mol. The van der Waals surface area contributed by atoms with Crippen molar-refractivity contribution in [3.05, 3.63) is 23.8 Å². The monoisotopic (exact) mass is 202 g/mol. The molecule has 2 N–H and O–H groups in total. The van der Waals surface area contributed by atoms with E-state index in [1.807, 2.05) is 7.05 Å². The predicted octanol–water partition coefficient (Wildman–Crippen LogP) is 1.00. The number of aryl methyl sites for hydroxylation is 1. The molecule has 0 amide bonds. The van der Waals surface area contributed by atoms with Gasteiger partial charge in [0.2, 0.25) is 0 Å². The summed E-state index contributed by atoms with van der Waals surface area (Å²) in [6, 6.07) is 6.28. The third-order valence-corrected chi connectivity index (χ3v) is 3.12. The first kappa shape index (κ1) is 8.85. The molecule has 1 aliphatic rings. The Bertz CT molecular complexity index is 510. The number of hydrogen-bond acceptors (Lipinski definition) is 3. The molecule has 1 aromatic carbocycles. The molecule has 1 fully saturated rings. The normalized spacial score (nSPS) is 18.3. The molecule has 4 heteroatoms. The molecule has 0 saturated heterocycles. The third kappa shape index (κ3) is 1.51. The Kier molecular flexibility index (Phi) is 1.65. The Morgan fingerprint density at radius 2 is 2.27 bits per heavy atom. The first-order valence-corrected chi connectivity index (χ1v) is 5.24. The Hall–Kier alpha value is -1.42. The van der Waals surface area contributed by atoms with Crippen LogP contribution in [0.3, 0.4) is 0 Å². The van der Waals surface area contributed by atoms with Gasteiger partial charge in [-0.05, 0) is 37.0 Å². The Balaban J connectivity index is 1.99. The van der Waals surface area contributed by atoms with Crippen LogP contribution < -0.4 is 5.73 Å². The molecule has 4 nitrogen and oxygen atoms in total. The molecule has 0 aliphatic heterocycles. The van der Waals surface area contributed by atoms with Gasteiger partial charge < -0.3 is 5.73 Å². The standard InChI is InChI=1S/C11H14N4/c1-15-10-3-2-8(6-9(10)13-14-15)7-11(12)4-5-11/h2-3,6H,4-5,7,12H2,1H3. The van der Waals surface area contributed by atoms with E-state index in [0.717, 1.165) is 30.3 Å². The number of aromatic nitrogens is 3. The zero-order valence-electron chi connectivity index (χ0n) is 8.77. The number of rotatable bonds is 2. The van der Waals surface area contributed by atoms with Gasteiger partial charge in [-0.25, -0.2) is 4.68 Å². The fourth-order valence-corrected chi connectivity index (χ4v) is 1.94. The second-order valence-electron chi connectivity index (χ2n) is 4.58. The van der Waals surface area contributed by atoms with Gasteiger partial charge in [0.15, 0.2) is 0 Å². The quantitative estimate of drug-likeness (QED) is 0.790. The van der Waals surface area contributed by atoms with Crippen LogP contribution in [0.15, 0.2) is 18.2 Å². The lowest BCUT2D eigenvalue weighted by atomic mass is 10.0. The van der Waals surface area contributed by atoms with Gasteiger partial charge in [-0.2, -0.15) is 0 Å². The van der Waals surface area contributed by atoms with Crippen molar-refractivity contribution in [1.29, 1.82) is 0 Å². The Labute approximate surface area is 88.1 Å². The van der Waals surface area contributed by atoms with E-state index in [2.05, 4.69) is 28.5 Å². The lowest BCUT2D eigenvalue weighted by Gasteiger charge is -2.07. The minimum atomic E-state index is 0.0654. The smallest absolute Gasteiger partial charge is 0.113 e. The summed E-state index contributed by atoms with van der Waals surface area (Å²) < 4.78 is 1.79. The lowest BCUT2D eigenvalue weighted by molar-refractivity contribution is 0.672. The molecule has 0 bridgehead atoms. The predicted molar refractivity (Wildman–Crippen MR) is 58.4 cm³/mol.